The molecule has 0 atom stereocenters. The molecule has 0 aliphatic heterocycles. The first-order chi connectivity index (χ1) is 13.6. The zero-order valence-corrected chi connectivity index (χ0v) is 16.8. The van der Waals surface area contributed by atoms with Crippen LogP contribution in [0.4, 0.5) is 5.82 Å². The monoisotopic (exact) mass is 408 g/mol. The Balaban J connectivity index is 1.85. The lowest BCUT2D eigenvalue weighted by atomic mass is 10.1. The third-order valence-electron chi connectivity index (χ3n) is 4.42. The van der Waals surface area contributed by atoms with Gasteiger partial charge in [0, 0.05) is 34.5 Å². The molecule has 0 saturated carbocycles. The van der Waals surface area contributed by atoms with Gasteiger partial charge in [-0.3, -0.25) is 4.98 Å². The first-order valence-corrected chi connectivity index (χ1v) is 9.91. The van der Waals surface area contributed by atoms with Crippen molar-refractivity contribution < 1.29 is 0 Å². The van der Waals surface area contributed by atoms with Gasteiger partial charge >= 0.3 is 0 Å². The Labute approximate surface area is 171 Å². The lowest BCUT2D eigenvalue weighted by Gasteiger charge is -2.10. The molecule has 0 aliphatic rings. The topological polar surface area (TPSA) is 82.5 Å². The first-order valence-electron chi connectivity index (χ1n) is 8.71. The number of nitrogens with zero attached hydrogens (tertiary/aromatic N) is 5. The predicted molar refractivity (Wildman–Crippen MR) is 113 cm³/mol. The molecule has 0 spiro atoms. The highest BCUT2D eigenvalue weighted by atomic mass is 35.5. The van der Waals surface area contributed by atoms with Crippen molar-refractivity contribution in [3.05, 3.63) is 41.3 Å². The quantitative estimate of drug-likeness (QED) is 0.387. The van der Waals surface area contributed by atoms with Gasteiger partial charge in [0.05, 0.1) is 5.52 Å². The maximum Gasteiger partial charge on any atom is 0.175 e. The lowest BCUT2D eigenvalue weighted by molar-refractivity contribution is 0.615. The van der Waals surface area contributed by atoms with Crippen molar-refractivity contribution in [3.63, 3.8) is 0 Å². The van der Waals surface area contributed by atoms with Gasteiger partial charge < -0.3 is 10.3 Å². The number of halogens is 1. The van der Waals surface area contributed by atoms with E-state index in [1.165, 1.54) is 18.1 Å². The van der Waals surface area contributed by atoms with E-state index in [2.05, 4.69) is 20.9 Å². The molecule has 28 heavy (non-hydrogen) atoms. The van der Waals surface area contributed by atoms with Gasteiger partial charge in [-0.05, 0) is 48.9 Å². The summed E-state index contributed by atoms with van der Waals surface area (Å²) in [7, 11) is 0. The smallest absolute Gasteiger partial charge is 0.175 e. The number of hydrogen-bond acceptors (Lipinski definition) is 6. The number of nitrogens with two attached hydrogens (primary N) is 1. The van der Waals surface area contributed by atoms with E-state index in [1.54, 1.807) is 6.20 Å². The number of benzene rings is 1. The number of pyridine rings is 1. The number of imidazole rings is 1. The van der Waals surface area contributed by atoms with Crippen molar-refractivity contribution in [2.24, 2.45) is 0 Å². The van der Waals surface area contributed by atoms with Crippen molar-refractivity contribution in [2.75, 3.05) is 5.73 Å². The molecule has 3 aromatic heterocycles. The van der Waals surface area contributed by atoms with Crippen molar-refractivity contribution in [2.45, 2.75) is 36.4 Å². The van der Waals surface area contributed by atoms with E-state index in [0.29, 0.717) is 35.0 Å². The summed E-state index contributed by atoms with van der Waals surface area (Å²) >= 11 is 7.86. The third kappa shape index (κ3) is 3.37. The number of rotatable bonds is 5. The number of unbranched alkanes of at least 4 members (excludes halogenated alkanes) is 1. The minimum atomic E-state index is 0.354. The van der Waals surface area contributed by atoms with Crippen molar-refractivity contribution in [1.82, 2.24) is 24.5 Å². The summed E-state index contributed by atoms with van der Waals surface area (Å²) in [5, 5.41) is 2.43. The van der Waals surface area contributed by atoms with Crippen molar-refractivity contribution in [1.29, 1.82) is 0 Å². The van der Waals surface area contributed by atoms with Crippen molar-refractivity contribution >= 4 is 51.2 Å². The summed E-state index contributed by atoms with van der Waals surface area (Å²) < 4.78 is 2.03. The highest BCUT2D eigenvalue weighted by Gasteiger charge is 2.17. The normalized spacial score (nSPS) is 11.2. The average Bonchev–Trinajstić information content (AvgIpc) is 3.02. The van der Waals surface area contributed by atoms with E-state index in [-0.39, 0.29) is 0 Å². The zero-order chi connectivity index (χ0) is 19.7. The van der Waals surface area contributed by atoms with Crippen LogP contribution in [0.2, 0.25) is 5.02 Å². The Morgan fingerprint density at radius 3 is 2.93 bits per heavy atom. The lowest BCUT2D eigenvalue weighted by Crippen LogP contribution is -2.02. The van der Waals surface area contributed by atoms with Crippen LogP contribution in [0, 0.1) is 19.3 Å². The number of terminal acetylenes is 1. The molecule has 3 heterocycles. The molecule has 0 fully saturated rings. The summed E-state index contributed by atoms with van der Waals surface area (Å²) in [5.41, 5.74) is 9.30. The highest BCUT2D eigenvalue weighted by molar-refractivity contribution is 7.99. The Bertz CT molecular complexity index is 1230. The van der Waals surface area contributed by atoms with E-state index in [1.807, 2.05) is 29.7 Å². The van der Waals surface area contributed by atoms with Gasteiger partial charge in [0.2, 0.25) is 0 Å². The van der Waals surface area contributed by atoms with Crippen LogP contribution in [0.25, 0.3) is 22.1 Å². The molecule has 140 valence electrons. The number of hydrogen-bond donors (Lipinski definition) is 1. The van der Waals surface area contributed by atoms with E-state index < -0.39 is 0 Å². The second-order valence-corrected chi connectivity index (χ2v) is 7.76. The van der Waals surface area contributed by atoms with E-state index in [4.69, 9.17) is 28.7 Å². The second kappa shape index (κ2) is 7.66. The number of fused-ring (bicyclic) bond motifs is 2. The fraction of sp³-hybridized carbons (Fsp3) is 0.200. The second-order valence-electron chi connectivity index (χ2n) is 6.31. The van der Waals surface area contributed by atoms with Crippen molar-refractivity contribution in [3.8, 4) is 12.3 Å². The Morgan fingerprint density at radius 1 is 1.25 bits per heavy atom. The average molecular weight is 409 g/mol. The minimum Gasteiger partial charge on any atom is -0.382 e. The first kappa shape index (κ1) is 18.5. The van der Waals surface area contributed by atoms with E-state index >= 15 is 0 Å². The maximum atomic E-state index is 6.38. The molecular weight excluding hydrogens is 392 g/mol. The molecule has 0 saturated heterocycles. The van der Waals surface area contributed by atoms with E-state index in [9.17, 15) is 0 Å². The summed E-state index contributed by atoms with van der Waals surface area (Å²) in [6.07, 6.45) is 10.1. The molecule has 0 unspecified atom stereocenters. The summed E-state index contributed by atoms with van der Waals surface area (Å²) in [6, 6.07) is 5.81. The molecule has 0 radical (unpaired) electrons. The van der Waals surface area contributed by atoms with Gasteiger partial charge in [-0.1, -0.05) is 11.6 Å². The van der Waals surface area contributed by atoms with Crippen LogP contribution in [0.15, 0.2) is 40.8 Å². The molecule has 0 aliphatic carbocycles. The van der Waals surface area contributed by atoms with Crippen LogP contribution in [-0.2, 0) is 6.54 Å². The van der Waals surface area contributed by atoms with Crippen LogP contribution in [0.3, 0.4) is 0 Å². The third-order valence-corrected chi connectivity index (χ3v) is 5.67. The zero-order valence-electron chi connectivity index (χ0n) is 15.2. The summed E-state index contributed by atoms with van der Waals surface area (Å²) in [6.45, 7) is 2.73. The van der Waals surface area contributed by atoms with Crippen LogP contribution in [0.5, 0.6) is 0 Å². The van der Waals surface area contributed by atoms with Gasteiger partial charge in [-0.15, -0.1) is 12.3 Å². The Hall–Kier alpha value is -2.82. The number of aromatic nitrogens is 5. The molecule has 0 bridgehead atoms. The molecule has 4 aromatic rings. The predicted octanol–water partition coefficient (Wildman–Crippen LogP) is 4.48. The highest BCUT2D eigenvalue weighted by Crippen LogP contribution is 2.37. The molecule has 8 heteroatoms. The number of nitrogen functional groups attached to an aromatic ring is 1. The van der Waals surface area contributed by atoms with Crippen LogP contribution in [-0.4, -0.2) is 24.5 Å². The van der Waals surface area contributed by atoms with Crippen LogP contribution in [0.1, 0.15) is 18.4 Å². The number of aryl methyl sites for hydroxylation is 2. The standard InChI is InChI=1S/C20H17ClN6S/c1-3-4-5-8-27-19-17(18(22)24-11-25-19)26-20(27)28-15-10-13(21)9-14-12(2)6-7-23-16(14)15/h1,6-7,9-11H,4-5,8H2,2H3,(H2,22,24,25). The molecule has 6 nitrogen and oxygen atoms in total. The van der Waals surface area contributed by atoms with Gasteiger partial charge in [0.1, 0.15) is 6.33 Å². The minimum absolute atomic E-state index is 0.354. The molecule has 0 amide bonds. The Kier molecular flexibility index (Phi) is 5.07. The fourth-order valence-corrected chi connectivity index (χ4v) is 4.40. The summed E-state index contributed by atoms with van der Waals surface area (Å²) in [4.78, 5) is 18.6. The largest absolute Gasteiger partial charge is 0.382 e. The molecule has 2 N–H and O–H groups in total. The van der Waals surface area contributed by atoms with Gasteiger partial charge in [-0.2, -0.15) is 0 Å². The number of anilines is 1. The Morgan fingerprint density at radius 2 is 2.11 bits per heavy atom. The SMILES string of the molecule is C#CCCCn1c(Sc2cc(Cl)cc3c(C)ccnc23)nc2c(N)ncnc21. The molecule has 4 rings (SSSR count). The van der Waals surface area contributed by atoms with Gasteiger partial charge in [0.15, 0.2) is 22.1 Å². The van der Waals surface area contributed by atoms with E-state index in [0.717, 1.165) is 32.9 Å². The van der Waals surface area contributed by atoms with Gasteiger partial charge in [-0.25, -0.2) is 15.0 Å². The molecular formula is C20H17ClN6S. The fourth-order valence-electron chi connectivity index (χ4n) is 3.05. The summed E-state index contributed by atoms with van der Waals surface area (Å²) in [5.74, 6) is 3.03. The maximum absolute atomic E-state index is 6.38. The van der Waals surface area contributed by atoms with Crippen LogP contribution < -0.4 is 5.73 Å². The van der Waals surface area contributed by atoms with Crippen LogP contribution >= 0.6 is 23.4 Å². The molecule has 1 aromatic carbocycles. The van der Waals surface area contributed by atoms with Gasteiger partial charge in [0.25, 0.3) is 0 Å².